The largest absolute Gasteiger partial charge is 0.393 e. The third-order valence-electron chi connectivity index (χ3n) is 7.32. The van der Waals surface area contributed by atoms with Gasteiger partial charge in [-0.2, -0.15) is 0 Å². The summed E-state index contributed by atoms with van der Waals surface area (Å²) < 4.78 is 0. The normalized spacial score (nSPS) is 50.6. The molecule has 0 heterocycles. The highest BCUT2D eigenvalue weighted by atomic mass is 16.3. The summed E-state index contributed by atoms with van der Waals surface area (Å²) in [6.45, 7) is 5.02. The smallest absolute Gasteiger partial charge is 0.0578 e. The van der Waals surface area contributed by atoms with E-state index in [1.165, 1.54) is 44.1 Å². The lowest BCUT2D eigenvalue weighted by molar-refractivity contribution is 0.0585. The van der Waals surface area contributed by atoms with Gasteiger partial charge in [0.1, 0.15) is 0 Å². The molecule has 0 bridgehead atoms. The van der Waals surface area contributed by atoms with Crippen LogP contribution in [0.4, 0.5) is 0 Å². The van der Waals surface area contributed by atoms with Gasteiger partial charge in [0.25, 0.3) is 0 Å². The number of rotatable bonds is 0. The van der Waals surface area contributed by atoms with Gasteiger partial charge in [0.15, 0.2) is 0 Å². The van der Waals surface area contributed by atoms with Crippen molar-refractivity contribution in [2.75, 3.05) is 0 Å². The van der Waals surface area contributed by atoms with Crippen LogP contribution in [0.25, 0.3) is 0 Å². The Hall–Kier alpha value is -0.560. The lowest BCUT2D eigenvalue weighted by Crippen LogP contribution is -2.44. The van der Waals surface area contributed by atoms with Crippen LogP contribution in [-0.2, 0) is 0 Å². The topological polar surface area (TPSA) is 20.2 Å². The van der Waals surface area contributed by atoms with Crippen molar-refractivity contribution in [3.8, 4) is 0 Å². The Balaban J connectivity index is 1.74. The van der Waals surface area contributed by atoms with E-state index in [2.05, 4.69) is 26.0 Å². The molecule has 4 aliphatic carbocycles. The second-order valence-electron chi connectivity index (χ2n) is 8.36. The summed E-state index contributed by atoms with van der Waals surface area (Å²) in [7, 11) is 0. The van der Waals surface area contributed by atoms with E-state index in [1.807, 2.05) is 0 Å². The van der Waals surface area contributed by atoms with Gasteiger partial charge in [0.2, 0.25) is 0 Å². The van der Waals surface area contributed by atoms with E-state index in [4.69, 9.17) is 0 Å². The van der Waals surface area contributed by atoms with E-state index >= 15 is 0 Å². The van der Waals surface area contributed by atoms with Gasteiger partial charge in [-0.05, 0) is 67.6 Å². The fourth-order valence-electron chi connectivity index (χ4n) is 5.97. The van der Waals surface area contributed by atoms with E-state index in [0.717, 1.165) is 24.7 Å². The van der Waals surface area contributed by atoms with Gasteiger partial charge in [-0.25, -0.2) is 0 Å². The Morgan fingerprint density at radius 3 is 2.70 bits per heavy atom. The first-order valence-corrected chi connectivity index (χ1v) is 8.62. The molecule has 5 atom stereocenters. The van der Waals surface area contributed by atoms with Crippen LogP contribution in [0.1, 0.15) is 65.2 Å². The molecule has 0 radical (unpaired) electrons. The highest BCUT2D eigenvalue weighted by Gasteiger charge is 2.52. The molecule has 0 aromatic carbocycles. The first-order chi connectivity index (χ1) is 9.53. The fourth-order valence-corrected chi connectivity index (χ4v) is 5.97. The molecule has 20 heavy (non-hydrogen) atoms. The third kappa shape index (κ3) is 1.65. The van der Waals surface area contributed by atoms with Gasteiger partial charge < -0.3 is 5.11 Å². The first-order valence-electron chi connectivity index (χ1n) is 8.62. The molecule has 4 rings (SSSR count). The molecule has 4 aliphatic rings. The summed E-state index contributed by atoms with van der Waals surface area (Å²) in [6.07, 6.45) is 14.9. The van der Waals surface area contributed by atoms with Crippen LogP contribution < -0.4 is 0 Å². The minimum absolute atomic E-state index is 0.0930. The number of aliphatic hydroxyl groups is 1. The SMILES string of the molecule is C[C@@]12CCC[C@H]1C1=CC=C3CC(O)CC[C@]3(C)[C@H]1CC2. The number of aliphatic hydroxyl groups excluding tert-OH is 1. The van der Waals surface area contributed by atoms with Crippen molar-refractivity contribution in [2.45, 2.75) is 71.3 Å². The number of fused-ring (bicyclic) bond motifs is 5. The molecule has 0 aromatic rings. The zero-order valence-electron chi connectivity index (χ0n) is 13.0. The molecule has 110 valence electrons. The Labute approximate surface area is 123 Å². The van der Waals surface area contributed by atoms with E-state index in [0.29, 0.717) is 10.8 Å². The van der Waals surface area contributed by atoms with Gasteiger partial charge in [0.05, 0.1) is 6.10 Å². The van der Waals surface area contributed by atoms with Crippen LogP contribution in [0.2, 0.25) is 0 Å². The summed E-state index contributed by atoms with van der Waals surface area (Å²) in [5, 5.41) is 9.99. The lowest BCUT2D eigenvalue weighted by atomic mass is 9.51. The van der Waals surface area contributed by atoms with Gasteiger partial charge >= 0.3 is 0 Å². The summed E-state index contributed by atoms with van der Waals surface area (Å²) in [4.78, 5) is 0. The van der Waals surface area contributed by atoms with Crippen molar-refractivity contribution in [2.24, 2.45) is 22.7 Å². The molecule has 0 aliphatic heterocycles. The predicted octanol–water partition coefficient (Wildman–Crippen LogP) is 4.62. The zero-order valence-corrected chi connectivity index (χ0v) is 13.0. The average molecular weight is 272 g/mol. The first kappa shape index (κ1) is 13.1. The van der Waals surface area contributed by atoms with Gasteiger partial charge in [-0.15, -0.1) is 0 Å². The van der Waals surface area contributed by atoms with Crippen molar-refractivity contribution in [3.05, 3.63) is 23.3 Å². The van der Waals surface area contributed by atoms with E-state index in [1.54, 1.807) is 5.57 Å². The molecular formula is C19H28O. The fraction of sp³-hybridized carbons (Fsp3) is 0.789. The molecule has 0 amide bonds. The summed E-state index contributed by atoms with van der Waals surface area (Å²) >= 11 is 0. The van der Waals surface area contributed by atoms with Gasteiger partial charge in [-0.3, -0.25) is 0 Å². The highest BCUT2D eigenvalue weighted by molar-refractivity contribution is 5.38. The Morgan fingerprint density at radius 2 is 1.85 bits per heavy atom. The molecule has 0 spiro atoms. The number of hydrogen-bond donors (Lipinski definition) is 1. The molecule has 1 unspecified atom stereocenters. The maximum atomic E-state index is 9.99. The maximum Gasteiger partial charge on any atom is 0.0578 e. The molecule has 0 saturated heterocycles. The lowest BCUT2D eigenvalue weighted by Gasteiger charge is -2.53. The second-order valence-corrected chi connectivity index (χ2v) is 8.36. The van der Waals surface area contributed by atoms with Crippen molar-refractivity contribution in [3.63, 3.8) is 0 Å². The van der Waals surface area contributed by atoms with Crippen LogP contribution in [0.5, 0.6) is 0 Å². The molecule has 1 nitrogen and oxygen atoms in total. The summed E-state index contributed by atoms with van der Waals surface area (Å²) in [5.41, 5.74) is 4.26. The number of hydrogen-bond acceptors (Lipinski definition) is 1. The van der Waals surface area contributed by atoms with Gasteiger partial charge in [0, 0.05) is 0 Å². The monoisotopic (exact) mass is 272 g/mol. The Morgan fingerprint density at radius 1 is 1.00 bits per heavy atom. The average Bonchev–Trinajstić information content (AvgIpc) is 2.81. The summed E-state index contributed by atoms with van der Waals surface area (Å²) in [5.74, 6) is 1.62. The second kappa shape index (κ2) is 4.22. The van der Waals surface area contributed by atoms with Crippen molar-refractivity contribution < 1.29 is 5.11 Å². The van der Waals surface area contributed by atoms with Crippen LogP contribution in [0, 0.1) is 22.7 Å². The molecule has 0 aromatic heterocycles. The van der Waals surface area contributed by atoms with E-state index in [-0.39, 0.29) is 6.10 Å². The van der Waals surface area contributed by atoms with Crippen LogP contribution in [0.3, 0.4) is 0 Å². The third-order valence-corrected chi connectivity index (χ3v) is 7.32. The minimum Gasteiger partial charge on any atom is -0.393 e. The highest BCUT2D eigenvalue weighted by Crippen LogP contribution is 2.63. The number of allylic oxidation sites excluding steroid dienone is 3. The summed E-state index contributed by atoms with van der Waals surface area (Å²) in [6, 6.07) is 0. The molecule has 3 fully saturated rings. The standard InChI is InChI=1S/C19H28O/c1-18-9-3-4-16(18)15-6-5-13-12-14(20)7-11-19(13,2)17(15)8-10-18/h5-6,14,16-17,20H,3-4,7-12H2,1-2H3/t14?,16-,17-,18-,19-/m0/s1. The molecule has 1 N–H and O–H groups in total. The van der Waals surface area contributed by atoms with Crippen molar-refractivity contribution in [1.82, 2.24) is 0 Å². The minimum atomic E-state index is -0.0930. The van der Waals surface area contributed by atoms with Gasteiger partial charge in [-0.1, -0.05) is 43.6 Å². The molecule has 1 heteroatoms. The van der Waals surface area contributed by atoms with E-state index in [9.17, 15) is 5.11 Å². The van der Waals surface area contributed by atoms with Crippen LogP contribution in [0.15, 0.2) is 23.3 Å². The predicted molar refractivity (Wildman–Crippen MR) is 82.3 cm³/mol. The zero-order chi connectivity index (χ0) is 14.0. The van der Waals surface area contributed by atoms with Crippen LogP contribution >= 0.6 is 0 Å². The van der Waals surface area contributed by atoms with Crippen molar-refractivity contribution in [1.29, 1.82) is 0 Å². The van der Waals surface area contributed by atoms with Crippen LogP contribution in [-0.4, -0.2) is 11.2 Å². The Kier molecular flexibility index (Phi) is 2.77. The van der Waals surface area contributed by atoms with Crippen molar-refractivity contribution >= 4 is 0 Å². The van der Waals surface area contributed by atoms with E-state index < -0.39 is 0 Å². The Bertz CT molecular complexity index is 488. The molecule has 3 saturated carbocycles. The quantitative estimate of drug-likeness (QED) is 0.682. The molecular weight excluding hydrogens is 244 g/mol. The maximum absolute atomic E-state index is 9.99.